The smallest absolute Gasteiger partial charge is 0.336 e. The Balaban J connectivity index is 3.06. The Bertz CT molecular complexity index is 420. The molecule has 1 aromatic rings. The maximum absolute atomic E-state index is 11.0. The molecule has 0 aliphatic rings. The Morgan fingerprint density at radius 1 is 1.17 bits per heavy atom. The van der Waals surface area contributed by atoms with Crippen LogP contribution in [0, 0.1) is 0 Å². The SMILES string of the molecule is COCOc1cc(Br)c(C(=O)O)cc1OCOC. The third kappa shape index (κ3) is 3.86. The summed E-state index contributed by atoms with van der Waals surface area (Å²) in [5, 5.41) is 9.00. The molecule has 0 saturated carbocycles. The molecule has 6 nitrogen and oxygen atoms in total. The minimum absolute atomic E-state index is 0.00989. The van der Waals surface area contributed by atoms with Crippen LogP contribution in [0.15, 0.2) is 16.6 Å². The number of halogens is 1. The second kappa shape index (κ2) is 7.20. The number of ether oxygens (including phenoxy) is 4. The van der Waals surface area contributed by atoms with Crippen LogP contribution in [0.4, 0.5) is 0 Å². The molecule has 100 valence electrons. The van der Waals surface area contributed by atoms with E-state index in [9.17, 15) is 4.79 Å². The highest BCUT2D eigenvalue weighted by Gasteiger charge is 2.15. The van der Waals surface area contributed by atoms with E-state index in [0.717, 1.165) is 0 Å². The van der Waals surface area contributed by atoms with Crippen LogP contribution in [-0.2, 0) is 9.47 Å². The molecule has 1 aromatic carbocycles. The number of aromatic carboxylic acids is 1. The van der Waals surface area contributed by atoms with Gasteiger partial charge in [0.05, 0.1) is 5.56 Å². The van der Waals surface area contributed by atoms with Crippen molar-refractivity contribution in [2.24, 2.45) is 0 Å². The van der Waals surface area contributed by atoms with Gasteiger partial charge in [0.1, 0.15) is 0 Å². The molecule has 0 saturated heterocycles. The zero-order valence-corrected chi connectivity index (χ0v) is 11.5. The van der Waals surface area contributed by atoms with Crippen LogP contribution in [0.25, 0.3) is 0 Å². The lowest BCUT2D eigenvalue weighted by molar-refractivity contribution is 0.0320. The van der Waals surface area contributed by atoms with Gasteiger partial charge in [-0.1, -0.05) is 0 Å². The number of carboxylic acid groups (broad SMARTS) is 1. The van der Waals surface area contributed by atoms with E-state index in [1.807, 2.05) is 0 Å². The molecule has 0 heterocycles. The highest BCUT2D eigenvalue weighted by atomic mass is 79.9. The van der Waals surface area contributed by atoms with Gasteiger partial charge in [-0.3, -0.25) is 0 Å². The first kappa shape index (κ1) is 14.7. The molecule has 0 spiro atoms. The first-order chi connectivity index (χ1) is 8.60. The van der Waals surface area contributed by atoms with Crippen molar-refractivity contribution in [1.29, 1.82) is 0 Å². The third-order valence-corrected chi connectivity index (χ3v) is 2.58. The minimum atomic E-state index is -1.07. The van der Waals surface area contributed by atoms with Gasteiger partial charge in [-0.2, -0.15) is 0 Å². The molecular weight excluding hydrogens is 308 g/mol. The molecule has 0 atom stereocenters. The summed E-state index contributed by atoms with van der Waals surface area (Å²) in [4.78, 5) is 11.0. The predicted octanol–water partition coefficient (Wildman–Crippen LogP) is 2.11. The number of rotatable bonds is 7. The van der Waals surface area contributed by atoms with Crippen LogP contribution < -0.4 is 9.47 Å². The van der Waals surface area contributed by atoms with Crippen molar-refractivity contribution in [2.45, 2.75) is 0 Å². The third-order valence-electron chi connectivity index (χ3n) is 1.93. The molecule has 7 heteroatoms. The van der Waals surface area contributed by atoms with Gasteiger partial charge in [-0.25, -0.2) is 4.79 Å². The van der Waals surface area contributed by atoms with E-state index < -0.39 is 5.97 Å². The second-order valence-electron chi connectivity index (χ2n) is 3.19. The topological polar surface area (TPSA) is 74.2 Å². The molecule has 0 radical (unpaired) electrons. The maximum atomic E-state index is 11.0. The molecule has 0 fully saturated rings. The number of benzene rings is 1. The van der Waals surface area contributed by atoms with E-state index >= 15 is 0 Å². The van der Waals surface area contributed by atoms with Gasteiger partial charge in [-0.15, -0.1) is 0 Å². The zero-order chi connectivity index (χ0) is 13.5. The molecule has 0 aliphatic heterocycles. The Labute approximate surface area is 113 Å². The van der Waals surface area contributed by atoms with E-state index in [2.05, 4.69) is 15.9 Å². The van der Waals surface area contributed by atoms with Crippen LogP contribution in [-0.4, -0.2) is 38.9 Å². The van der Waals surface area contributed by atoms with E-state index in [-0.39, 0.29) is 24.9 Å². The first-order valence-electron chi connectivity index (χ1n) is 4.90. The van der Waals surface area contributed by atoms with Gasteiger partial charge in [0.15, 0.2) is 25.1 Å². The summed E-state index contributed by atoms with van der Waals surface area (Å²) >= 11 is 3.15. The Kier molecular flexibility index (Phi) is 5.90. The fourth-order valence-corrected chi connectivity index (χ4v) is 1.66. The molecule has 1 rings (SSSR count). The van der Waals surface area contributed by atoms with Crippen molar-refractivity contribution in [3.63, 3.8) is 0 Å². The van der Waals surface area contributed by atoms with Gasteiger partial charge >= 0.3 is 5.97 Å². The van der Waals surface area contributed by atoms with E-state index in [4.69, 9.17) is 24.1 Å². The summed E-state index contributed by atoms with van der Waals surface area (Å²) in [6.07, 6.45) is 0. The number of methoxy groups -OCH3 is 2. The second-order valence-corrected chi connectivity index (χ2v) is 4.04. The average molecular weight is 321 g/mol. The lowest BCUT2D eigenvalue weighted by Crippen LogP contribution is -2.06. The lowest BCUT2D eigenvalue weighted by atomic mass is 10.2. The van der Waals surface area contributed by atoms with Gasteiger partial charge in [0, 0.05) is 18.7 Å². The predicted molar refractivity (Wildman–Crippen MR) is 66.1 cm³/mol. The van der Waals surface area contributed by atoms with Gasteiger partial charge in [0.25, 0.3) is 0 Å². The van der Waals surface area contributed by atoms with Crippen molar-refractivity contribution in [3.8, 4) is 11.5 Å². The van der Waals surface area contributed by atoms with E-state index in [1.54, 1.807) is 0 Å². The number of carboxylic acids is 1. The monoisotopic (exact) mass is 320 g/mol. The fraction of sp³-hybridized carbons (Fsp3) is 0.364. The van der Waals surface area contributed by atoms with Crippen molar-refractivity contribution in [1.82, 2.24) is 0 Å². The number of hydrogen-bond acceptors (Lipinski definition) is 5. The summed E-state index contributed by atoms with van der Waals surface area (Å²) in [5.74, 6) is -0.428. The molecule has 18 heavy (non-hydrogen) atoms. The summed E-state index contributed by atoms with van der Waals surface area (Å²) in [7, 11) is 2.95. The van der Waals surface area contributed by atoms with Gasteiger partial charge < -0.3 is 24.1 Å². The molecule has 0 amide bonds. The number of carbonyl (C=O) groups is 1. The molecular formula is C11H13BrO6. The van der Waals surface area contributed by atoms with Gasteiger partial charge in [-0.05, 0) is 28.1 Å². The molecule has 1 N–H and O–H groups in total. The highest BCUT2D eigenvalue weighted by Crippen LogP contribution is 2.33. The number of hydrogen-bond donors (Lipinski definition) is 1. The molecule has 0 bridgehead atoms. The zero-order valence-electron chi connectivity index (χ0n) is 9.94. The summed E-state index contributed by atoms with van der Waals surface area (Å²) in [6.45, 7) is 0.0201. The Morgan fingerprint density at radius 3 is 2.11 bits per heavy atom. The standard InChI is InChI=1S/C11H13BrO6/c1-15-5-17-9-3-7(11(13)14)8(12)4-10(9)18-6-16-2/h3-4H,5-6H2,1-2H3,(H,13,14). The summed E-state index contributed by atoms with van der Waals surface area (Å²) in [5.41, 5.74) is 0.0749. The summed E-state index contributed by atoms with van der Waals surface area (Å²) in [6, 6.07) is 2.86. The minimum Gasteiger partial charge on any atom is -0.478 e. The lowest BCUT2D eigenvalue weighted by Gasteiger charge is -2.13. The summed E-state index contributed by atoms with van der Waals surface area (Å²) < 4.78 is 20.5. The van der Waals surface area contributed by atoms with Crippen LogP contribution >= 0.6 is 15.9 Å². The Morgan fingerprint density at radius 2 is 1.67 bits per heavy atom. The quantitative estimate of drug-likeness (QED) is 0.776. The van der Waals surface area contributed by atoms with Crippen molar-refractivity contribution in [3.05, 3.63) is 22.2 Å². The maximum Gasteiger partial charge on any atom is 0.336 e. The first-order valence-corrected chi connectivity index (χ1v) is 5.69. The van der Waals surface area contributed by atoms with E-state index in [0.29, 0.717) is 10.2 Å². The highest BCUT2D eigenvalue weighted by molar-refractivity contribution is 9.10. The largest absolute Gasteiger partial charge is 0.478 e. The van der Waals surface area contributed by atoms with Crippen LogP contribution in [0.5, 0.6) is 11.5 Å². The Hall–Kier alpha value is -1.31. The molecule has 0 aromatic heterocycles. The van der Waals surface area contributed by atoms with Crippen molar-refractivity contribution < 1.29 is 28.8 Å². The van der Waals surface area contributed by atoms with Crippen LogP contribution in [0.1, 0.15) is 10.4 Å². The molecule has 0 aliphatic carbocycles. The van der Waals surface area contributed by atoms with Crippen molar-refractivity contribution in [2.75, 3.05) is 27.8 Å². The molecule has 0 unspecified atom stereocenters. The van der Waals surface area contributed by atoms with Crippen molar-refractivity contribution >= 4 is 21.9 Å². The fourth-order valence-electron chi connectivity index (χ4n) is 1.17. The van der Waals surface area contributed by atoms with Crippen LogP contribution in [0.2, 0.25) is 0 Å². The normalized spacial score (nSPS) is 10.2. The average Bonchev–Trinajstić information content (AvgIpc) is 2.34. The van der Waals surface area contributed by atoms with E-state index in [1.165, 1.54) is 26.4 Å². The van der Waals surface area contributed by atoms with Crippen LogP contribution in [0.3, 0.4) is 0 Å². The van der Waals surface area contributed by atoms with Gasteiger partial charge in [0.2, 0.25) is 0 Å².